The molecule has 4 rings (SSSR count). The third-order valence-electron chi connectivity index (χ3n) is 11.3. The van der Waals surface area contributed by atoms with Crippen molar-refractivity contribution in [1.82, 2.24) is 10.2 Å². The fourth-order valence-corrected chi connectivity index (χ4v) is 10.3. The molecule has 17 heteroatoms. The van der Waals surface area contributed by atoms with Crippen LogP contribution >= 0.6 is 33.2 Å². The number of ether oxygens (including phenoxy) is 5. The van der Waals surface area contributed by atoms with Gasteiger partial charge >= 0.3 is 12.1 Å². The Morgan fingerprint density at radius 2 is 1.97 bits per heavy atom. The zero-order valence-corrected chi connectivity index (χ0v) is 38.1. The number of rotatable bonds is 14. The van der Waals surface area contributed by atoms with Crippen LogP contribution in [0.2, 0.25) is 5.02 Å². The van der Waals surface area contributed by atoms with E-state index in [4.69, 9.17) is 35.3 Å². The normalized spacial score (nSPS) is 29.5. The molecule has 1 aromatic carbocycles. The van der Waals surface area contributed by atoms with Gasteiger partial charge in [-0.2, -0.15) is 0 Å². The highest BCUT2D eigenvalue weighted by Crippen LogP contribution is 2.49. The lowest BCUT2D eigenvalue weighted by Gasteiger charge is -2.42. The monoisotopic (exact) mass is 881 g/mol. The quantitative estimate of drug-likeness (QED) is 0.0689. The fourth-order valence-electron chi connectivity index (χ4n) is 7.27. The van der Waals surface area contributed by atoms with Crippen molar-refractivity contribution in [3.05, 3.63) is 46.5 Å². The molecule has 2 N–H and O–H groups in total. The second-order valence-electron chi connectivity index (χ2n) is 16.4. The molecule has 59 heavy (non-hydrogen) atoms. The van der Waals surface area contributed by atoms with E-state index in [0.717, 1.165) is 29.6 Å². The molecule has 3 aliphatic rings. The van der Waals surface area contributed by atoms with Crippen LogP contribution in [0.15, 0.2) is 35.9 Å². The Balaban J connectivity index is 1.64. The summed E-state index contributed by atoms with van der Waals surface area (Å²) in [5, 5.41) is 14.5. The third kappa shape index (κ3) is 12.2. The van der Waals surface area contributed by atoms with Gasteiger partial charge in [0, 0.05) is 56.9 Å². The number of alkyl carbamates (subject to hydrolysis) is 1. The topological polar surface area (TPSA) is 174 Å². The summed E-state index contributed by atoms with van der Waals surface area (Å²) in [6.07, 6.45) is 3.80. The van der Waals surface area contributed by atoms with Gasteiger partial charge in [0.05, 0.1) is 25.3 Å². The highest BCUT2D eigenvalue weighted by molar-refractivity contribution is 8.77. The molecule has 3 heterocycles. The number of aliphatic hydroxyl groups is 1. The molecule has 2 fully saturated rings. The number of amides is 3. The summed E-state index contributed by atoms with van der Waals surface area (Å²) >= 11 is 6.79. The van der Waals surface area contributed by atoms with Gasteiger partial charge in [-0.25, -0.2) is 9.59 Å². The van der Waals surface area contributed by atoms with Crippen LogP contribution in [0, 0.1) is 5.92 Å². The molecule has 1 aromatic rings. The Morgan fingerprint density at radius 3 is 2.63 bits per heavy atom. The van der Waals surface area contributed by atoms with Crippen molar-refractivity contribution in [3.63, 3.8) is 0 Å². The van der Waals surface area contributed by atoms with Crippen LogP contribution in [0.4, 0.5) is 10.5 Å². The van der Waals surface area contributed by atoms with E-state index in [0.29, 0.717) is 30.7 Å². The first-order valence-corrected chi connectivity index (χ1v) is 22.5. The summed E-state index contributed by atoms with van der Waals surface area (Å²) in [6.45, 7) is 11.1. The Kier molecular flexibility index (Phi) is 16.8. The van der Waals surface area contributed by atoms with E-state index >= 15 is 0 Å². The summed E-state index contributed by atoms with van der Waals surface area (Å²) in [6, 6.07) is 2.58. The average molecular weight is 883 g/mol. The molecule has 328 valence electrons. The largest absolute Gasteiger partial charge is 0.495 e. The number of anilines is 1. The predicted molar refractivity (Wildman–Crippen MR) is 230 cm³/mol. The first-order valence-electron chi connectivity index (χ1n) is 19.8. The molecule has 14 nitrogen and oxygen atoms in total. The number of nitrogens with zero attached hydrogens (tertiary/aromatic N) is 2. The van der Waals surface area contributed by atoms with Crippen LogP contribution < -0.4 is 15.0 Å². The van der Waals surface area contributed by atoms with E-state index < -0.39 is 65.7 Å². The lowest BCUT2D eigenvalue weighted by Crippen LogP contribution is -2.63. The van der Waals surface area contributed by atoms with E-state index in [1.807, 2.05) is 26.8 Å². The minimum absolute atomic E-state index is 0.0598. The summed E-state index contributed by atoms with van der Waals surface area (Å²) < 4.78 is 29.2. The maximum Gasteiger partial charge on any atom is 0.409 e. The van der Waals surface area contributed by atoms with Crippen molar-refractivity contribution < 1.29 is 52.8 Å². The number of fused-ring (bicyclic) bond motifs is 5. The van der Waals surface area contributed by atoms with Crippen molar-refractivity contribution in [3.8, 4) is 5.75 Å². The SMILES string of the molecule is COc1cc2cc(c1Cl)N(C)C(=O)C[C@H](OC(=O)[C@H](C)N(C)C(=O)CCC(C)(C)SSCCCC=O)[C@]1(C)O[C@H]1[C@H](C)[C@@H]1C[C@@](O)(NC(=O)O1)[C@H](OC)/C=C/C=C(\C)C2. The number of halogens is 1. The number of unbranched alkanes of at least 4 members (excludes halogenated alkanes) is 1. The van der Waals surface area contributed by atoms with Gasteiger partial charge in [0.2, 0.25) is 11.8 Å². The molecule has 3 aliphatic heterocycles. The van der Waals surface area contributed by atoms with Crippen LogP contribution in [0.25, 0.3) is 0 Å². The highest BCUT2D eigenvalue weighted by Gasteiger charge is 2.64. The van der Waals surface area contributed by atoms with E-state index in [1.165, 1.54) is 24.0 Å². The summed E-state index contributed by atoms with van der Waals surface area (Å²) in [4.78, 5) is 67.9. The van der Waals surface area contributed by atoms with Crippen molar-refractivity contribution >= 4 is 69.0 Å². The Bertz CT molecular complexity index is 1780. The number of likely N-dealkylation sites (N-methyl/N-ethyl adjacent to an activating group) is 1. The number of hydrogen-bond acceptors (Lipinski definition) is 13. The van der Waals surface area contributed by atoms with Gasteiger partial charge in [0.25, 0.3) is 0 Å². The molecule has 0 spiro atoms. The third-order valence-corrected chi connectivity index (χ3v) is 15.1. The number of aldehydes is 1. The summed E-state index contributed by atoms with van der Waals surface area (Å²) in [7, 11) is 9.37. The van der Waals surface area contributed by atoms with Gasteiger partial charge < -0.3 is 43.4 Å². The molecule has 0 saturated carbocycles. The van der Waals surface area contributed by atoms with Crippen LogP contribution in [-0.4, -0.2) is 121 Å². The van der Waals surface area contributed by atoms with Crippen molar-refractivity contribution in [1.29, 1.82) is 0 Å². The lowest BCUT2D eigenvalue weighted by molar-refractivity contribution is -0.162. The van der Waals surface area contributed by atoms with Crippen molar-refractivity contribution in [2.24, 2.45) is 5.92 Å². The number of esters is 1. The molecule has 0 unspecified atom stereocenters. The standard InChI is InChI=1S/C42H60ClN3O11S2/c1-25-14-13-15-32(54-10)42(52)24-31(55-39(51)44-42)26(2)37-41(6,57-37)33(23-35(49)46(8)29-21-28(20-25)22-30(53-9)36(29)43)56-38(50)27(3)45(7)34(48)16-17-40(4,5)59-58-19-12-11-18-47/h13-15,18,21-22,26-27,31-33,37,52H,11-12,16-17,19-20,23-24H2,1-10H3,(H,44,51)/b15-13+,25-14+/t26-,27+,31+,32-,33+,37+,41+,42+/m1/s1. The summed E-state index contributed by atoms with van der Waals surface area (Å²) in [5.74, 6) is -0.769. The molecule has 4 bridgehead atoms. The molecule has 2 saturated heterocycles. The maximum absolute atomic E-state index is 14.3. The van der Waals surface area contributed by atoms with E-state index in [-0.39, 0.29) is 34.9 Å². The van der Waals surface area contributed by atoms with Crippen LogP contribution in [-0.2, 0) is 44.5 Å². The Labute approximate surface area is 360 Å². The molecule has 0 radical (unpaired) electrons. The van der Waals surface area contributed by atoms with E-state index in [2.05, 4.69) is 5.32 Å². The van der Waals surface area contributed by atoms with Gasteiger partial charge in [-0.05, 0) is 71.6 Å². The first kappa shape index (κ1) is 48.4. The molecular weight excluding hydrogens is 822 g/mol. The van der Waals surface area contributed by atoms with Gasteiger partial charge in [0.15, 0.2) is 5.72 Å². The van der Waals surface area contributed by atoms with Crippen molar-refractivity contribution in [2.45, 2.75) is 133 Å². The van der Waals surface area contributed by atoms with Gasteiger partial charge in [-0.1, -0.05) is 63.9 Å². The zero-order chi connectivity index (χ0) is 43.9. The number of carbonyl (C=O) groups excluding carboxylic acids is 5. The molecule has 3 amide bonds. The minimum Gasteiger partial charge on any atom is -0.495 e. The number of carbonyl (C=O) groups is 5. The number of methoxy groups -OCH3 is 2. The molecule has 0 aliphatic carbocycles. The van der Waals surface area contributed by atoms with E-state index in [1.54, 1.807) is 80.7 Å². The minimum atomic E-state index is -1.84. The van der Waals surface area contributed by atoms with Crippen LogP contribution in [0.5, 0.6) is 5.75 Å². The second-order valence-corrected chi connectivity index (χ2v) is 19.9. The second kappa shape index (κ2) is 20.5. The van der Waals surface area contributed by atoms with Crippen molar-refractivity contribution in [2.75, 3.05) is 39.0 Å². The van der Waals surface area contributed by atoms with E-state index in [9.17, 15) is 29.1 Å². The maximum atomic E-state index is 14.3. The first-order chi connectivity index (χ1) is 27.7. The van der Waals surface area contributed by atoms with Crippen LogP contribution in [0.1, 0.15) is 85.6 Å². The number of allylic oxidation sites excluding steroid dienone is 3. The lowest BCUT2D eigenvalue weighted by atomic mass is 9.83. The van der Waals surface area contributed by atoms with Gasteiger partial charge in [-0.15, -0.1) is 0 Å². The van der Waals surface area contributed by atoms with Gasteiger partial charge in [-0.3, -0.25) is 14.9 Å². The average Bonchev–Trinajstić information content (AvgIpc) is 3.88. The zero-order valence-electron chi connectivity index (χ0n) is 35.7. The Hall–Kier alpha value is -3.28. The molecular formula is C42H60ClN3O11S2. The number of nitrogens with one attached hydrogen (secondary N) is 1. The number of benzene rings is 1. The fraction of sp³-hybridized carbons (Fsp3) is 0.643. The predicted octanol–water partition coefficient (Wildman–Crippen LogP) is 6.43. The number of epoxide rings is 1. The smallest absolute Gasteiger partial charge is 0.409 e. The molecule has 0 aromatic heterocycles. The van der Waals surface area contributed by atoms with Crippen LogP contribution in [0.3, 0.4) is 0 Å². The Morgan fingerprint density at radius 1 is 1.25 bits per heavy atom. The molecule has 8 atom stereocenters. The number of hydrogen-bond donors (Lipinski definition) is 2. The summed E-state index contributed by atoms with van der Waals surface area (Å²) in [5.41, 5.74) is -0.965. The highest BCUT2D eigenvalue weighted by atomic mass is 35.5. The van der Waals surface area contributed by atoms with Gasteiger partial charge in [0.1, 0.15) is 47.0 Å².